The number of amides is 2. The van der Waals surface area contributed by atoms with Crippen LogP contribution >= 0.6 is 39.2 Å². The van der Waals surface area contributed by atoms with Crippen molar-refractivity contribution in [2.45, 2.75) is 17.2 Å². The number of hydrogen-bond donors (Lipinski definition) is 4. The van der Waals surface area contributed by atoms with E-state index in [1.165, 1.54) is 6.07 Å². The summed E-state index contributed by atoms with van der Waals surface area (Å²) in [5, 5.41) is 23.3. The average Bonchev–Trinajstić information content (AvgIpc) is 2.97. The molecule has 7 nitrogen and oxygen atoms in total. The highest BCUT2D eigenvalue weighted by atomic mass is 79.9. The standard InChI is InChI=1S/C15H15BrFN3O4S2/c16-9-3-2-8(10(17)6-9)7-25-13-11(14(22)23)12(26-20-13)19-15(24)18-4-1-5-21/h2-3,6,21H,1,4-5,7H2,(H,22,23)(H2,18,19,24). The fourth-order valence-corrected chi connectivity index (χ4v) is 4.12. The van der Waals surface area contributed by atoms with E-state index in [1.54, 1.807) is 12.1 Å². The number of halogens is 2. The minimum atomic E-state index is -1.23. The van der Waals surface area contributed by atoms with E-state index in [0.29, 0.717) is 16.5 Å². The number of carboxylic acid groups (broad SMARTS) is 1. The van der Waals surface area contributed by atoms with Gasteiger partial charge in [0, 0.05) is 23.4 Å². The Hall–Kier alpha value is -1.69. The molecule has 0 atom stereocenters. The third-order valence-corrected chi connectivity index (χ3v) is 5.50. The first-order valence-electron chi connectivity index (χ1n) is 7.37. The van der Waals surface area contributed by atoms with Crippen LogP contribution in [0.25, 0.3) is 0 Å². The fraction of sp³-hybridized carbons (Fsp3) is 0.267. The van der Waals surface area contributed by atoms with Gasteiger partial charge in [-0.3, -0.25) is 5.32 Å². The second-order valence-corrected chi connectivity index (χ2v) is 7.63. The molecule has 0 aliphatic carbocycles. The van der Waals surface area contributed by atoms with Crippen LogP contribution in [0.4, 0.5) is 14.2 Å². The zero-order valence-electron chi connectivity index (χ0n) is 13.3. The number of anilines is 1. The number of nitrogens with zero attached hydrogens (tertiary/aromatic N) is 1. The van der Waals surface area contributed by atoms with Crippen molar-refractivity contribution >= 4 is 56.2 Å². The maximum atomic E-state index is 13.9. The van der Waals surface area contributed by atoms with E-state index in [2.05, 4.69) is 30.9 Å². The van der Waals surface area contributed by atoms with Crippen molar-refractivity contribution in [2.75, 3.05) is 18.5 Å². The van der Waals surface area contributed by atoms with E-state index < -0.39 is 17.8 Å². The van der Waals surface area contributed by atoms with Crippen LogP contribution in [-0.4, -0.2) is 39.7 Å². The molecule has 2 rings (SSSR count). The smallest absolute Gasteiger partial charge is 0.341 e. The van der Waals surface area contributed by atoms with Crippen LogP contribution in [0.3, 0.4) is 0 Å². The number of aromatic carboxylic acids is 1. The number of carboxylic acids is 1. The summed E-state index contributed by atoms with van der Waals surface area (Å²) in [6.45, 7) is 0.197. The Morgan fingerprint density at radius 1 is 1.38 bits per heavy atom. The molecule has 0 saturated carbocycles. The molecule has 26 heavy (non-hydrogen) atoms. The molecule has 1 heterocycles. The number of nitrogens with one attached hydrogen (secondary N) is 2. The lowest BCUT2D eigenvalue weighted by Gasteiger charge is -2.06. The molecule has 2 amide bonds. The van der Waals surface area contributed by atoms with E-state index >= 15 is 0 Å². The number of benzene rings is 1. The summed E-state index contributed by atoms with van der Waals surface area (Å²) < 4.78 is 18.5. The first-order chi connectivity index (χ1) is 12.4. The molecular weight excluding hydrogens is 449 g/mol. The molecule has 0 unspecified atom stereocenters. The molecule has 0 fully saturated rings. The summed E-state index contributed by atoms with van der Waals surface area (Å²) in [5.74, 6) is -1.44. The number of aliphatic hydroxyl groups excluding tert-OH is 1. The second kappa shape index (κ2) is 9.86. The van der Waals surface area contributed by atoms with Gasteiger partial charge in [-0.05, 0) is 35.6 Å². The van der Waals surface area contributed by atoms with Crippen LogP contribution in [0.1, 0.15) is 22.3 Å². The average molecular weight is 464 g/mol. The topological polar surface area (TPSA) is 112 Å². The number of aromatic nitrogens is 1. The Kier molecular flexibility index (Phi) is 7.82. The van der Waals surface area contributed by atoms with Crippen molar-refractivity contribution in [1.82, 2.24) is 9.69 Å². The normalized spacial score (nSPS) is 10.6. The van der Waals surface area contributed by atoms with Gasteiger partial charge in [0.25, 0.3) is 0 Å². The van der Waals surface area contributed by atoms with Crippen molar-refractivity contribution in [2.24, 2.45) is 0 Å². The third-order valence-electron chi connectivity index (χ3n) is 3.10. The Labute approximate surface area is 165 Å². The largest absolute Gasteiger partial charge is 0.477 e. The molecule has 2 aromatic rings. The molecule has 0 radical (unpaired) electrons. The molecule has 1 aromatic carbocycles. The molecule has 140 valence electrons. The predicted octanol–water partition coefficient (Wildman–Crippen LogP) is 3.54. The molecule has 1 aromatic heterocycles. The maximum Gasteiger partial charge on any atom is 0.341 e. The molecule has 0 bridgehead atoms. The zero-order valence-corrected chi connectivity index (χ0v) is 16.5. The second-order valence-electron chi connectivity index (χ2n) is 4.98. The zero-order chi connectivity index (χ0) is 19.1. The van der Waals surface area contributed by atoms with Gasteiger partial charge < -0.3 is 15.5 Å². The Bertz CT molecular complexity index is 803. The number of hydrogen-bond acceptors (Lipinski definition) is 6. The summed E-state index contributed by atoms with van der Waals surface area (Å²) in [6.07, 6.45) is 0.391. The van der Waals surface area contributed by atoms with E-state index in [-0.39, 0.29) is 34.5 Å². The SMILES string of the molecule is O=C(NCCCO)Nc1snc(SCc2ccc(Br)cc2F)c1C(=O)O. The number of carbonyl (C=O) groups is 2. The van der Waals surface area contributed by atoms with Crippen molar-refractivity contribution < 1.29 is 24.2 Å². The number of carbonyl (C=O) groups excluding carboxylic acids is 1. The van der Waals surface area contributed by atoms with Crippen LogP contribution in [0, 0.1) is 5.82 Å². The maximum absolute atomic E-state index is 13.9. The number of urea groups is 1. The monoisotopic (exact) mass is 463 g/mol. The fourth-order valence-electron chi connectivity index (χ4n) is 1.86. The van der Waals surface area contributed by atoms with E-state index in [4.69, 9.17) is 5.11 Å². The van der Waals surface area contributed by atoms with Crippen LogP contribution in [-0.2, 0) is 5.75 Å². The summed E-state index contributed by atoms with van der Waals surface area (Å²) in [7, 11) is 0. The number of thioether (sulfide) groups is 1. The molecule has 4 N–H and O–H groups in total. The van der Waals surface area contributed by atoms with Gasteiger partial charge >= 0.3 is 12.0 Å². The summed E-state index contributed by atoms with van der Waals surface area (Å²) >= 11 is 5.09. The van der Waals surface area contributed by atoms with Crippen molar-refractivity contribution in [3.8, 4) is 0 Å². The Balaban J connectivity index is 2.08. The van der Waals surface area contributed by atoms with Crippen LogP contribution < -0.4 is 10.6 Å². The quantitative estimate of drug-likeness (QED) is 0.351. The van der Waals surface area contributed by atoms with E-state index in [0.717, 1.165) is 23.3 Å². The van der Waals surface area contributed by atoms with Gasteiger partial charge in [-0.15, -0.1) is 0 Å². The van der Waals surface area contributed by atoms with Gasteiger partial charge in [0.2, 0.25) is 0 Å². The van der Waals surface area contributed by atoms with Crippen LogP contribution in [0.15, 0.2) is 27.7 Å². The molecule has 0 spiro atoms. The Morgan fingerprint density at radius 3 is 2.81 bits per heavy atom. The first kappa shape index (κ1) is 20.6. The minimum Gasteiger partial charge on any atom is -0.477 e. The molecular formula is C15H15BrFN3O4S2. The van der Waals surface area contributed by atoms with Crippen molar-refractivity contribution in [3.05, 3.63) is 39.6 Å². The van der Waals surface area contributed by atoms with Crippen LogP contribution in [0.2, 0.25) is 0 Å². The summed E-state index contributed by atoms with van der Waals surface area (Å²) in [4.78, 5) is 23.3. The summed E-state index contributed by atoms with van der Waals surface area (Å²) in [6, 6.07) is 4.05. The lowest BCUT2D eigenvalue weighted by Crippen LogP contribution is -2.30. The highest BCUT2D eigenvalue weighted by molar-refractivity contribution is 9.10. The molecule has 0 aliphatic rings. The predicted molar refractivity (Wildman–Crippen MR) is 101 cm³/mol. The van der Waals surface area contributed by atoms with Gasteiger partial charge in [-0.25, -0.2) is 14.0 Å². The molecule has 11 heteroatoms. The lowest BCUT2D eigenvalue weighted by atomic mass is 10.2. The first-order valence-corrected chi connectivity index (χ1v) is 9.93. The lowest BCUT2D eigenvalue weighted by molar-refractivity contribution is 0.0694. The number of rotatable bonds is 8. The minimum absolute atomic E-state index is 0.0609. The number of aliphatic hydroxyl groups is 1. The van der Waals surface area contributed by atoms with Gasteiger partial charge in [0.05, 0.1) is 0 Å². The van der Waals surface area contributed by atoms with Gasteiger partial charge in [-0.2, -0.15) is 4.37 Å². The molecule has 0 aliphatic heterocycles. The van der Waals surface area contributed by atoms with Crippen LogP contribution in [0.5, 0.6) is 0 Å². The van der Waals surface area contributed by atoms with E-state index in [9.17, 15) is 19.1 Å². The van der Waals surface area contributed by atoms with Gasteiger partial charge in [0.1, 0.15) is 21.4 Å². The Morgan fingerprint density at radius 2 is 2.15 bits per heavy atom. The van der Waals surface area contributed by atoms with Crippen molar-refractivity contribution in [3.63, 3.8) is 0 Å². The highest BCUT2D eigenvalue weighted by Gasteiger charge is 2.22. The van der Waals surface area contributed by atoms with Gasteiger partial charge in [0.15, 0.2) is 0 Å². The summed E-state index contributed by atoms with van der Waals surface area (Å²) in [5.41, 5.74) is 0.286. The van der Waals surface area contributed by atoms with Gasteiger partial charge in [-0.1, -0.05) is 33.8 Å². The third kappa shape index (κ3) is 5.66. The van der Waals surface area contributed by atoms with Crippen molar-refractivity contribution in [1.29, 1.82) is 0 Å². The highest BCUT2D eigenvalue weighted by Crippen LogP contribution is 2.34. The van der Waals surface area contributed by atoms with E-state index in [1.807, 2.05) is 0 Å². The molecule has 0 saturated heterocycles.